The molecule has 1 amide bonds. The minimum absolute atomic E-state index is 0.0526. The van der Waals surface area contributed by atoms with E-state index in [0.717, 1.165) is 11.5 Å². The highest BCUT2D eigenvalue weighted by Gasteiger charge is 2.16. The second-order valence-electron chi connectivity index (χ2n) is 6.56. The van der Waals surface area contributed by atoms with Crippen LogP contribution in [0.4, 0.5) is 11.4 Å². The molecule has 0 radical (unpaired) electrons. The van der Waals surface area contributed by atoms with E-state index in [-0.39, 0.29) is 21.3 Å². The average molecular weight is 455 g/mol. The maximum absolute atomic E-state index is 12.5. The number of benzene rings is 3. The Kier molecular flexibility index (Phi) is 5.46. The van der Waals surface area contributed by atoms with Crippen LogP contribution in [0.1, 0.15) is 10.4 Å². The fourth-order valence-corrected chi connectivity index (χ4v) is 3.60. The molecule has 154 valence electrons. The Morgan fingerprint density at radius 3 is 2.42 bits per heavy atom. The Morgan fingerprint density at radius 2 is 1.71 bits per heavy atom. The molecule has 0 bridgehead atoms. The predicted octanol–water partition coefficient (Wildman–Crippen LogP) is 5.93. The van der Waals surface area contributed by atoms with Crippen molar-refractivity contribution in [3.8, 4) is 11.1 Å². The predicted molar refractivity (Wildman–Crippen MR) is 119 cm³/mol. The molecule has 0 aliphatic rings. The number of carbonyl (C=O) groups excluding carboxylic acids is 1. The molecule has 0 saturated carbocycles. The number of nitro benzene ring substituents is 1. The molecule has 0 fully saturated rings. The molecule has 0 aliphatic carbocycles. The third kappa shape index (κ3) is 4.14. The van der Waals surface area contributed by atoms with Crippen LogP contribution in [0, 0.1) is 10.1 Å². The van der Waals surface area contributed by atoms with E-state index in [1.54, 1.807) is 30.3 Å². The molecule has 9 heteroatoms. The first kappa shape index (κ1) is 20.6. The highest BCUT2D eigenvalue weighted by Crippen LogP contribution is 2.31. The van der Waals surface area contributed by atoms with Gasteiger partial charge < -0.3 is 9.73 Å². The standard InChI is InChI=1S/C22H12Cl2N2O5/c23-18-10-13(25-21(27)16-8-6-14(26(29)30)11-19(16)24)5-7-15(18)17-9-12-3-1-2-4-20(12)31-22(17)28/h1-11H,(H,25,27). The zero-order chi connectivity index (χ0) is 22.1. The normalized spacial score (nSPS) is 10.8. The lowest BCUT2D eigenvalue weighted by atomic mass is 10.1. The molecule has 0 atom stereocenters. The number of amides is 1. The number of nitro groups is 1. The first-order valence-corrected chi connectivity index (χ1v) is 9.67. The van der Waals surface area contributed by atoms with Crippen molar-refractivity contribution in [2.75, 3.05) is 5.32 Å². The third-order valence-electron chi connectivity index (χ3n) is 4.57. The first-order chi connectivity index (χ1) is 14.8. The van der Waals surface area contributed by atoms with Crippen molar-refractivity contribution in [1.29, 1.82) is 0 Å². The van der Waals surface area contributed by atoms with Gasteiger partial charge in [-0.3, -0.25) is 14.9 Å². The van der Waals surface area contributed by atoms with Crippen LogP contribution in [0.15, 0.2) is 75.9 Å². The van der Waals surface area contributed by atoms with Crippen molar-refractivity contribution in [3.05, 3.63) is 103 Å². The summed E-state index contributed by atoms with van der Waals surface area (Å²) in [5, 5.41) is 14.4. The van der Waals surface area contributed by atoms with E-state index >= 15 is 0 Å². The second kappa shape index (κ2) is 8.22. The van der Waals surface area contributed by atoms with Gasteiger partial charge in [0.25, 0.3) is 11.6 Å². The third-order valence-corrected chi connectivity index (χ3v) is 5.19. The minimum atomic E-state index is -0.602. The summed E-state index contributed by atoms with van der Waals surface area (Å²) in [6.07, 6.45) is 0. The number of fused-ring (bicyclic) bond motifs is 1. The average Bonchev–Trinajstić information content (AvgIpc) is 2.73. The maximum Gasteiger partial charge on any atom is 0.344 e. The smallest absolute Gasteiger partial charge is 0.344 e. The van der Waals surface area contributed by atoms with Crippen molar-refractivity contribution < 1.29 is 14.1 Å². The van der Waals surface area contributed by atoms with Crippen LogP contribution in [0.5, 0.6) is 0 Å². The number of hydrogen-bond acceptors (Lipinski definition) is 5. The molecule has 4 aromatic rings. The number of halogens is 2. The van der Waals surface area contributed by atoms with E-state index in [9.17, 15) is 19.7 Å². The molecular weight excluding hydrogens is 443 g/mol. The van der Waals surface area contributed by atoms with Crippen LogP contribution in [0.3, 0.4) is 0 Å². The van der Waals surface area contributed by atoms with Gasteiger partial charge in [-0.2, -0.15) is 0 Å². The van der Waals surface area contributed by atoms with E-state index in [1.807, 2.05) is 12.1 Å². The number of nitrogens with zero attached hydrogens (tertiary/aromatic N) is 1. The van der Waals surface area contributed by atoms with Crippen molar-refractivity contribution >= 4 is 51.5 Å². The Labute approximate surface area is 185 Å². The van der Waals surface area contributed by atoms with E-state index in [0.29, 0.717) is 22.4 Å². The topological polar surface area (TPSA) is 102 Å². The fourth-order valence-electron chi connectivity index (χ4n) is 3.06. The molecule has 0 unspecified atom stereocenters. The molecule has 3 aromatic carbocycles. The van der Waals surface area contributed by atoms with E-state index < -0.39 is 16.5 Å². The number of rotatable bonds is 4. The summed E-state index contributed by atoms with van der Waals surface area (Å²) in [5.41, 5.74) is 0.892. The van der Waals surface area contributed by atoms with Crippen molar-refractivity contribution in [2.45, 2.75) is 0 Å². The number of para-hydroxylation sites is 1. The Bertz CT molecular complexity index is 1410. The summed E-state index contributed by atoms with van der Waals surface area (Å²) in [6, 6.07) is 17.0. The number of carbonyl (C=O) groups is 1. The van der Waals surface area contributed by atoms with Gasteiger partial charge in [0, 0.05) is 28.8 Å². The Morgan fingerprint density at radius 1 is 0.935 bits per heavy atom. The zero-order valence-corrected chi connectivity index (χ0v) is 17.1. The second-order valence-corrected chi connectivity index (χ2v) is 7.37. The maximum atomic E-state index is 12.5. The number of nitrogens with one attached hydrogen (secondary N) is 1. The largest absolute Gasteiger partial charge is 0.422 e. The summed E-state index contributed by atoms with van der Waals surface area (Å²) in [4.78, 5) is 35.1. The first-order valence-electron chi connectivity index (χ1n) is 8.91. The van der Waals surface area contributed by atoms with E-state index in [4.69, 9.17) is 27.6 Å². The number of non-ortho nitro benzene ring substituents is 1. The van der Waals surface area contributed by atoms with E-state index in [1.165, 1.54) is 18.2 Å². The van der Waals surface area contributed by atoms with Crippen LogP contribution in [-0.4, -0.2) is 10.8 Å². The van der Waals surface area contributed by atoms with Gasteiger partial charge in [-0.25, -0.2) is 4.79 Å². The van der Waals surface area contributed by atoms with Gasteiger partial charge in [0.05, 0.1) is 26.1 Å². The quantitative estimate of drug-likeness (QED) is 0.234. The Balaban J connectivity index is 1.63. The van der Waals surface area contributed by atoms with E-state index in [2.05, 4.69) is 5.32 Å². The van der Waals surface area contributed by atoms with Crippen LogP contribution < -0.4 is 10.9 Å². The molecule has 0 saturated heterocycles. The highest BCUT2D eigenvalue weighted by molar-refractivity contribution is 6.35. The SMILES string of the molecule is O=C(Nc1ccc(-c2cc3ccccc3oc2=O)c(Cl)c1)c1ccc([N+](=O)[O-])cc1Cl. The molecular formula is C22H12Cl2N2O5. The van der Waals surface area contributed by atoms with Crippen LogP contribution in [-0.2, 0) is 0 Å². The molecule has 0 spiro atoms. The molecule has 1 aromatic heterocycles. The molecule has 7 nitrogen and oxygen atoms in total. The summed E-state index contributed by atoms with van der Waals surface area (Å²) < 4.78 is 5.35. The van der Waals surface area contributed by atoms with Crippen molar-refractivity contribution in [2.24, 2.45) is 0 Å². The van der Waals surface area contributed by atoms with Crippen molar-refractivity contribution in [1.82, 2.24) is 0 Å². The molecule has 31 heavy (non-hydrogen) atoms. The molecule has 4 rings (SSSR count). The zero-order valence-electron chi connectivity index (χ0n) is 15.6. The number of anilines is 1. The minimum Gasteiger partial charge on any atom is -0.422 e. The summed E-state index contributed by atoms with van der Waals surface area (Å²) >= 11 is 12.4. The summed E-state index contributed by atoms with van der Waals surface area (Å²) in [6.45, 7) is 0. The van der Waals surface area contributed by atoms with Gasteiger partial charge in [-0.1, -0.05) is 47.5 Å². The lowest BCUT2D eigenvalue weighted by Crippen LogP contribution is -2.12. The van der Waals surface area contributed by atoms with Gasteiger partial charge in [0.15, 0.2) is 0 Å². The lowest BCUT2D eigenvalue weighted by molar-refractivity contribution is -0.384. The number of hydrogen-bond donors (Lipinski definition) is 1. The molecule has 1 heterocycles. The van der Waals surface area contributed by atoms with Crippen LogP contribution in [0.25, 0.3) is 22.1 Å². The fraction of sp³-hybridized carbons (Fsp3) is 0. The van der Waals surface area contributed by atoms with Crippen LogP contribution in [0.2, 0.25) is 10.0 Å². The molecule has 1 N–H and O–H groups in total. The van der Waals surface area contributed by atoms with Crippen molar-refractivity contribution in [3.63, 3.8) is 0 Å². The monoisotopic (exact) mass is 454 g/mol. The van der Waals surface area contributed by atoms with Gasteiger partial charge >= 0.3 is 5.63 Å². The lowest BCUT2D eigenvalue weighted by Gasteiger charge is -2.10. The molecule has 0 aliphatic heterocycles. The Hall–Kier alpha value is -3.68. The van der Waals surface area contributed by atoms with Gasteiger partial charge in [0.1, 0.15) is 5.58 Å². The van der Waals surface area contributed by atoms with Gasteiger partial charge in [-0.05, 0) is 30.3 Å². The van der Waals surface area contributed by atoms with Crippen LogP contribution >= 0.6 is 23.2 Å². The van der Waals surface area contributed by atoms with Gasteiger partial charge in [-0.15, -0.1) is 0 Å². The summed E-state index contributed by atoms with van der Waals surface area (Å²) in [7, 11) is 0. The van der Waals surface area contributed by atoms with Gasteiger partial charge in [0.2, 0.25) is 0 Å². The summed E-state index contributed by atoms with van der Waals surface area (Å²) in [5.74, 6) is -0.561. The highest BCUT2D eigenvalue weighted by atomic mass is 35.5.